The Bertz CT molecular complexity index is 268. The van der Waals surface area contributed by atoms with Crippen molar-refractivity contribution in [2.75, 3.05) is 13.1 Å². The molecule has 2 unspecified atom stereocenters. The van der Waals surface area contributed by atoms with Gasteiger partial charge in [-0.1, -0.05) is 34.1 Å². The fourth-order valence-electron chi connectivity index (χ4n) is 3.59. The fourth-order valence-corrected chi connectivity index (χ4v) is 3.59. The first kappa shape index (κ1) is 14.3. The van der Waals surface area contributed by atoms with Gasteiger partial charge in [0.25, 0.3) is 0 Å². The summed E-state index contributed by atoms with van der Waals surface area (Å²) in [6.45, 7) is 11.9. The van der Waals surface area contributed by atoms with Gasteiger partial charge in [-0.2, -0.15) is 0 Å². The quantitative estimate of drug-likeness (QED) is 0.814. The Kier molecular flexibility index (Phi) is 4.38. The van der Waals surface area contributed by atoms with Gasteiger partial charge in [-0.25, -0.2) is 0 Å². The first-order chi connectivity index (χ1) is 8.40. The summed E-state index contributed by atoms with van der Waals surface area (Å²) in [5.74, 6) is 1.49. The Morgan fingerprint density at radius 3 is 2.44 bits per heavy atom. The van der Waals surface area contributed by atoms with E-state index in [0.29, 0.717) is 17.4 Å². The van der Waals surface area contributed by atoms with Crippen LogP contribution in [-0.4, -0.2) is 30.1 Å². The summed E-state index contributed by atoms with van der Waals surface area (Å²) in [5, 5.41) is 0. The highest BCUT2D eigenvalue weighted by Gasteiger charge is 2.39. The molecule has 2 nitrogen and oxygen atoms in total. The predicted octanol–water partition coefficient (Wildman–Crippen LogP) is 3.26. The third-order valence-electron chi connectivity index (χ3n) is 4.94. The van der Waals surface area contributed by atoms with Gasteiger partial charge in [-0.15, -0.1) is 0 Å². The molecule has 0 saturated heterocycles. The molecule has 2 rings (SSSR count). The fraction of sp³-hybridized carbons (Fsp3) is 1.00. The lowest BCUT2D eigenvalue weighted by Gasteiger charge is -2.44. The molecule has 0 spiro atoms. The number of hydrogen-bond acceptors (Lipinski definition) is 2. The van der Waals surface area contributed by atoms with Gasteiger partial charge in [-0.05, 0) is 42.9 Å². The molecule has 2 atom stereocenters. The van der Waals surface area contributed by atoms with Crippen molar-refractivity contribution in [3.63, 3.8) is 0 Å². The first-order valence-electron chi connectivity index (χ1n) is 7.90. The monoisotopic (exact) mass is 252 g/mol. The molecule has 0 aromatic carbocycles. The van der Waals surface area contributed by atoms with Gasteiger partial charge in [0, 0.05) is 25.2 Å². The van der Waals surface area contributed by atoms with Gasteiger partial charge in [-0.3, -0.25) is 4.90 Å². The van der Waals surface area contributed by atoms with Gasteiger partial charge >= 0.3 is 0 Å². The van der Waals surface area contributed by atoms with Crippen LogP contribution >= 0.6 is 0 Å². The van der Waals surface area contributed by atoms with Gasteiger partial charge in [0.1, 0.15) is 0 Å². The number of hydrogen-bond donors (Lipinski definition) is 1. The summed E-state index contributed by atoms with van der Waals surface area (Å²) < 4.78 is 0. The van der Waals surface area contributed by atoms with Crippen molar-refractivity contribution in [2.24, 2.45) is 23.0 Å². The second-order valence-electron chi connectivity index (χ2n) is 7.75. The molecule has 0 aliphatic heterocycles. The largest absolute Gasteiger partial charge is 0.327 e. The lowest BCUT2D eigenvalue weighted by Crippen LogP contribution is -2.50. The van der Waals surface area contributed by atoms with Crippen LogP contribution in [0.3, 0.4) is 0 Å². The van der Waals surface area contributed by atoms with Crippen LogP contribution in [0.5, 0.6) is 0 Å². The van der Waals surface area contributed by atoms with Crippen molar-refractivity contribution >= 4 is 0 Å². The Morgan fingerprint density at radius 1 is 1.22 bits per heavy atom. The molecular weight excluding hydrogens is 220 g/mol. The lowest BCUT2D eigenvalue weighted by atomic mass is 9.68. The smallest absolute Gasteiger partial charge is 0.0131 e. The SMILES string of the molecule is CC(C)CN(CC1CCCC(C)(C)C1N)C1CC1. The molecular formula is C16H32N2. The van der Waals surface area contributed by atoms with E-state index in [2.05, 4.69) is 32.6 Å². The van der Waals surface area contributed by atoms with E-state index in [4.69, 9.17) is 5.73 Å². The Balaban J connectivity index is 1.93. The van der Waals surface area contributed by atoms with Crippen molar-refractivity contribution in [2.45, 2.75) is 71.9 Å². The molecule has 18 heavy (non-hydrogen) atoms. The summed E-state index contributed by atoms with van der Waals surface area (Å²) >= 11 is 0. The van der Waals surface area contributed by atoms with E-state index in [1.807, 2.05) is 0 Å². The molecule has 2 fully saturated rings. The van der Waals surface area contributed by atoms with Crippen LogP contribution in [0.4, 0.5) is 0 Å². The molecule has 2 saturated carbocycles. The number of nitrogens with two attached hydrogens (primary N) is 1. The highest BCUT2D eigenvalue weighted by molar-refractivity contribution is 4.94. The summed E-state index contributed by atoms with van der Waals surface area (Å²) in [7, 11) is 0. The molecule has 0 aromatic heterocycles. The standard InChI is InChI=1S/C16H32N2/c1-12(2)10-18(14-7-8-14)11-13-6-5-9-16(3,4)15(13)17/h12-15H,5-11,17H2,1-4H3. The molecule has 2 heteroatoms. The Hall–Kier alpha value is -0.0800. The predicted molar refractivity (Wildman–Crippen MR) is 78.5 cm³/mol. The van der Waals surface area contributed by atoms with Crippen LogP contribution in [0, 0.1) is 17.3 Å². The summed E-state index contributed by atoms with van der Waals surface area (Å²) in [5.41, 5.74) is 6.87. The molecule has 0 amide bonds. The summed E-state index contributed by atoms with van der Waals surface area (Å²) in [4.78, 5) is 2.73. The normalized spacial score (nSPS) is 32.2. The minimum atomic E-state index is 0.343. The van der Waals surface area contributed by atoms with Crippen LogP contribution in [0.15, 0.2) is 0 Å². The van der Waals surface area contributed by atoms with E-state index in [1.54, 1.807) is 0 Å². The van der Waals surface area contributed by atoms with E-state index in [-0.39, 0.29) is 0 Å². The number of nitrogens with zero attached hydrogens (tertiary/aromatic N) is 1. The van der Waals surface area contributed by atoms with Crippen molar-refractivity contribution in [1.29, 1.82) is 0 Å². The van der Waals surface area contributed by atoms with E-state index in [1.165, 1.54) is 45.2 Å². The summed E-state index contributed by atoms with van der Waals surface area (Å²) in [6, 6.07) is 1.27. The molecule has 2 N–H and O–H groups in total. The second-order valence-corrected chi connectivity index (χ2v) is 7.75. The van der Waals surface area contributed by atoms with Crippen LogP contribution in [-0.2, 0) is 0 Å². The van der Waals surface area contributed by atoms with Crippen molar-refractivity contribution in [3.8, 4) is 0 Å². The zero-order valence-electron chi connectivity index (χ0n) is 12.8. The average molecular weight is 252 g/mol. The Morgan fingerprint density at radius 2 is 1.89 bits per heavy atom. The lowest BCUT2D eigenvalue weighted by molar-refractivity contribution is 0.0941. The van der Waals surface area contributed by atoms with E-state index < -0.39 is 0 Å². The highest BCUT2D eigenvalue weighted by Crippen LogP contribution is 2.39. The zero-order valence-corrected chi connectivity index (χ0v) is 12.8. The van der Waals surface area contributed by atoms with E-state index in [0.717, 1.165) is 12.0 Å². The van der Waals surface area contributed by atoms with Crippen LogP contribution < -0.4 is 5.73 Å². The van der Waals surface area contributed by atoms with Crippen LogP contribution in [0.2, 0.25) is 0 Å². The maximum absolute atomic E-state index is 6.53. The van der Waals surface area contributed by atoms with Crippen LogP contribution in [0.1, 0.15) is 59.8 Å². The third-order valence-corrected chi connectivity index (χ3v) is 4.94. The minimum Gasteiger partial charge on any atom is -0.327 e. The first-order valence-corrected chi connectivity index (χ1v) is 7.90. The Labute approximate surface area is 113 Å². The number of rotatable bonds is 5. The van der Waals surface area contributed by atoms with Crippen molar-refractivity contribution < 1.29 is 0 Å². The van der Waals surface area contributed by atoms with Gasteiger partial charge in [0.15, 0.2) is 0 Å². The van der Waals surface area contributed by atoms with E-state index in [9.17, 15) is 0 Å². The topological polar surface area (TPSA) is 29.3 Å². The zero-order chi connectivity index (χ0) is 13.3. The molecule has 2 aliphatic carbocycles. The molecule has 0 heterocycles. The maximum Gasteiger partial charge on any atom is 0.0131 e. The molecule has 2 aliphatic rings. The molecule has 0 bridgehead atoms. The second kappa shape index (κ2) is 5.50. The van der Waals surface area contributed by atoms with Crippen molar-refractivity contribution in [1.82, 2.24) is 4.90 Å². The van der Waals surface area contributed by atoms with Gasteiger partial charge in [0.05, 0.1) is 0 Å². The minimum absolute atomic E-state index is 0.343. The van der Waals surface area contributed by atoms with E-state index >= 15 is 0 Å². The van der Waals surface area contributed by atoms with Crippen LogP contribution in [0.25, 0.3) is 0 Å². The maximum atomic E-state index is 6.53. The van der Waals surface area contributed by atoms with Gasteiger partial charge in [0.2, 0.25) is 0 Å². The highest BCUT2D eigenvalue weighted by atomic mass is 15.2. The molecule has 106 valence electrons. The summed E-state index contributed by atoms with van der Waals surface area (Å²) in [6.07, 6.45) is 6.84. The average Bonchev–Trinajstić information content (AvgIpc) is 3.06. The molecule has 0 radical (unpaired) electrons. The molecule has 0 aromatic rings. The van der Waals surface area contributed by atoms with Crippen molar-refractivity contribution in [3.05, 3.63) is 0 Å². The van der Waals surface area contributed by atoms with Gasteiger partial charge < -0.3 is 5.73 Å². The third kappa shape index (κ3) is 3.48.